The van der Waals surface area contributed by atoms with Gasteiger partial charge in [0.2, 0.25) is 5.91 Å². The lowest BCUT2D eigenvalue weighted by Crippen LogP contribution is -2.39. The number of hydrogen-bond acceptors (Lipinski definition) is 6. The molecule has 2 aliphatic rings. The molecule has 7 heteroatoms. The molecule has 1 amide bonds. The number of anilines is 2. The lowest BCUT2D eigenvalue weighted by atomic mass is 9.77. The van der Waals surface area contributed by atoms with Gasteiger partial charge in [0.15, 0.2) is 0 Å². The molecule has 1 aliphatic carbocycles. The van der Waals surface area contributed by atoms with Crippen LogP contribution < -0.4 is 16.0 Å². The van der Waals surface area contributed by atoms with Crippen LogP contribution in [0.5, 0.6) is 0 Å². The van der Waals surface area contributed by atoms with E-state index in [1.165, 1.54) is 38.5 Å². The molecule has 1 saturated heterocycles. The third-order valence-electron chi connectivity index (χ3n) is 7.87. The molecule has 2 fully saturated rings. The van der Waals surface area contributed by atoms with Gasteiger partial charge in [0.05, 0.1) is 11.9 Å². The number of pyridine rings is 2. The number of carbonyl (C=O) groups excluding carboxylic acids is 1. The maximum Gasteiger partial charge on any atom is 0.248 e. The monoisotopic (exact) mass is 494 g/mol. The molecule has 1 unspecified atom stereocenters. The molecular formula is C30H34N6O. The van der Waals surface area contributed by atoms with Crippen LogP contribution in [0.4, 0.5) is 11.5 Å². The second-order valence-electron chi connectivity index (χ2n) is 10.4. The number of amides is 1. The first-order valence-electron chi connectivity index (χ1n) is 13.3. The van der Waals surface area contributed by atoms with Crippen molar-refractivity contribution < 1.29 is 4.79 Å². The highest BCUT2D eigenvalue weighted by Crippen LogP contribution is 2.35. The fourth-order valence-corrected chi connectivity index (χ4v) is 5.97. The average Bonchev–Trinajstić information content (AvgIpc) is 2.94. The summed E-state index contributed by atoms with van der Waals surface area (Å²) in [6.07, 6.45) is 12.2. The van der Waals surface area contributed by atoms with E-state index in [2.05, 4.69) is 32.3 Å². The molecule has 1 saturated carbocycles. The Morgan fingerprint density at radius 2 is 1.92 bits per heavy atom. The molecule has 0 radical (unpaired) electrons. The summed E-state index contributed by atoms with van der Waals surface area (Å²) in [7, 11) is 0. The van der Waals surface area contributed by atoms with Crippen molar-refractivity contribution in [3.8, 4) is 17.2 Å². The van der Waals surface area contributed by atoms with E-state index in [9.17, 15) is 4.79 Å². The van der Waals surface area contributed by atoms with E-state index in [1.54, 1.807) is 6.07 Å². The fourth-order valence-electron chi connectivity index (χ4n) is 5.97. The summed E-state index contributed by atoms with van der Waals surface area (Å²) in [4.78, 5) is 22.9. The second-order valence-corrected chi connectivity index (χ2v) is 10.4. The summed E-state index contributed by atoms with van der Waals surface area (Å²) in [5.41, 5.74) is 9.55. The van der Waals surface area contributed by atoms with Crippen molar-refractivity contribution >= 4 is 17.4 Å². The zero-order valence-corrected chi connectivity index (χ0v) is 21.1. The third-order valence-corrected chi connectivity index (χ3v) is 7.87. The van der Waals surface area contributed by atoms with E-state index in [4.69, 9.17) is 11.0 Å². The summed E-state index contributed by atoms with van der Waals surface area (Å²) in [5.74, 6) is 1.72. The zero-order chi connectivity index (χ0) is 25.6. The van der Waals surface area contributed by atoms with Crippen LogP contribution in [0.3, 0.4) is 0 Å². The predicted molar refractivity (Wildman–Crippen MR) is 146 cm³/mol. The van der Waals surface area contributed by atoms with E-state index in [1.807, 2.05) is 48.8 Å². The van der Waals surface area contributed by atoms with Crippen molar-refractivity contribution in [3.05, 3.63) is 72.2 Å². The number of primary amides is 1. The minimum absolute atomic E-state index is 0.403. The smallest absolute Gasteiger partial charge is 0.248 e. The SMILES string of the molecule is N#Cc1ccc(N2CCCC(C[C@@H]3CCCC[C@H]3Nc3cc(-c4cccc(C(N)=O)c4)ccn3)C2)cn1. The Kier molecular flexibility index (Phi) is 7.65. The molecule has 7 nitrogen and oxygen atoms in total. The molecule has 3 N–H and O–H groups in total. The number of nitriles is 1. The van der Waals surface area contributed by atoms with Crippen molar-refractivity contribution in [3.63, 3.8) is 0 Å². The molecule has 190 valence electrons. The maximum atomic E-state index is 11.6. The van der Waals surface area contributed by atoms with Gasteiger partial charge < -0.3 is 16.0 Å². The van der Waals surface area contributed by atoms with Crippen LogP contribution in [0.25, 0.3) is 11.1 Å². The summed E-state index contributed by atoms with van der Waals surface area (Å²) in [6.45, 7) is 2.09. The number of benzene rings is 1. The normalized spacial score (nSPS) is 21.7. The molecule has 2 aromatic heterocycles. The van der Waals surface area contributed by atoms with Crippen molar-refractivity contribution in [2.24, 2.45) is 17.6 Å². The Balaban J connectivity index is 1.25. The highest BCUT2D eigenvalue weighted by molar-refractivity contribution is 5.94. The summed E-state index contributed by atoms with van der Waals surface area (Å²) in [6, 6.07) is 17.8. The summed E-state index contributed by atoms with van der Waals surface area (Å²) < 4.78 is 0. The summed E-state index contributed by atoms with van der Waals surface area (Å²) in [5, 5.41) is 12.8. The molecule has 5 rings (SSSR count). The van der Waals surface area contributed by atoms with E-state index in [0.717, 1.165) is 42.1 Å². The highest BCUT2D eigenvalue weighted by atomic mass is 16.1. The Labute approximate surface area is 218 Å². The van der Waals surface area contributed by atoms with Gasteiger partial charge in [0, 0.05) is 30.9 Å². The second kappa shape index (κ2) is 11.4. The fraction of sp³-hybridized carbons (Fsp3) is 0.400. The number of piperidine rings is 1. The Morgan fingerprint density at radius 3 is 2.73 bits per heavy atom. The molecule has 1 aromatic carbocycles. The van der Waals surface area contributed by atoms with Gasteiger partial charge in [-0.05, 0) is 91.5 Å². The summed E-state index contributed by atoms with van der Waals surface area (Å²) >= 11 is 0. The highest BCUT2D eigenvalue weighted by Gasteiger charge is 2.30. The Morgan fingerprint density at radius 1 is 1.05 bits per heavy atom. The number of carbonyl (C=O) groups is 1. The van der Waals surface area contributed by atoms with Crippen molar-refractivity contribution in [1.29, 1.82) is 5.26 Å². The van der Waals surface area contributed by atoms with E-state index >= 15 is 0 Å². The first-order chi connectivity index (χ1) is 18.1. The minimum Gasteiger partial charge on any atom is -0.370 e. The van der Waals surface area contributed by atoms with Crippen LogP contribution in [-0.2, 0) is 0 Å². The quantitative estimate of drug-likeness (QED) is 0.456. The predicted octanol–water partition coefficient (Wildman–Crippen LogP) is 5.39. The largest absolute Gasteiger partial charge is 0.370 e. The van der Waals surface area contributed by atoms with E-state index in [0.29, 0.717) is 29.1 Å². The van der Waals surface area contributed by atoms with Crippen molar-refractivity contribution in [1.82, 2.24) is 9.97 Å². The van der Waals surface area contributed by atoms with Gasteiger partial charge in [-0.1, -0.05) is 25.0 Å². The number of aromatic nitrogens is 2. The first-order valence-corrected chi connectivity index (χ1v) is 13.3. The topological polar surface area (TPSA) is 108 Å². The van der Waals surface area contributed by atoms with Crippen LogP contribution in [0.15, 0.2) is 60.9 Å². The number of rotatable bonds is 7. The molecule has 0 bridgehead atoms. The van der Waals surface area contributed by atoms with Gasteiger partial charge in [-0.25, -0.2) is 9.97 Å². The number of nitrogens with one attached hydrogen (secondary N) is 1. The molecular weight excluding hydrogens is 460 g/mol. The molecule has 3 aromatic rings. The Bertz CT molecular complexity index is 1270. The third kappa shape index (κ3) is 6.08. The number of hydrogen-bond donors (Lipinski definition) is 2. The van der Waals surface area contributed by atoms with Crippen LogP contribution in [0.2, 0.25) is 0 Å². The van der Waals surface area contributed by atoms with Crippen molar-refractivity contribution in [2.45, 2.75) is 51.0 Å². The van der Waals surface area contributed by atoms with E-state index < -0.39 is 5.91 Å². The Hall–Kier alpha value is -3.92. The average molecular weight is 495 g/mol. The lowest BCUT2D eigenvalue weighted by molar-refractivity contribution is 0.100. The number of nitrogens with zero attached hydrogens (tertiary/aromatic N) is 4. The van der Waals surface area contributed by atoms with Crippen molar-refractivity contribution in [2.75, 3.05) is 23.3 Å². The molecule has 3 atom stereocenters. The van der Waals surface area contributed by atoms with E-state index in [-0.39, 0.29) is 0 Å². The van der Waals surface area contributed by atoms with Crippen LogP contribution in [-0.4, -0.2) is 35.0 Å². The van der Waals surface area contributed by atoms with Gasteiger partial charge in [-0.15, -0.1) is 0 Å². The lowest BCUT2D eigenvalue weighted by Gasteiger charge is -2.39. The molecule has 3 heterocycles. The van der Waals surface area contributed by atoms with Gasteiger partial charge in [0.25, 0.3) is 0 Å². The zero-order valence-electron chi connectivity index (χ0n) is 21.1. The van der Waals surface area contributed by atoms with Crippen LogP contribution in [0.1, 0.15) is 61.0 Å². The molecule has 1 aliphatic heterocycles. The van der Waals surface area contributed by atoms with Gasteiger partial charge >= 0.3 is 0 Å². The molecule has 37 heavy (non-hydrogen) atoms. The van der Waals surface area contributed by atoms with Crippen LogP contribution in [0, 0.1) is 23.2 Å². The van der Waals surface area contributed by atoms with Gasteiger partial charge in [-0.2, -0.15) is 5.26 Å². The van der Waals surface area contributed by atoms with Gasteiger partial charge in [0.1, 0.15) is 17.6 Å². The first kappa shape index (κ1) is 24.8. The standard InChI is InChI=1S/C30H34N6O/c31-18-26-10-11-27(19-34-26)36-14-4-5-21(20-36)15-24-6-1-2-9-28(24)35-29-17-23(12-13-33-29)22-7-3-8-25(16-22)30(32)37/h3,7-8,10-13,16-17,19,21,24,28H,1-2,4-6,9,14-15,20H2,(H2,32,37)(H,33,35)/t21?,24-,28+/m0/s1. The number of nitrogens with two attached hydrogens (primary N) is 1. The van der Waals surface area contributed by atoms with Crippen LogP contribution >= 0.6 is 0 Å². The maximum absolute atomic E-state index is 11.6. The van der Waals surface area contributed by atoms with Gasteiger partial charge in [-0.3, -0.25) is 4.79 Å². The minimum atomic E-state index is -0.420. The molecule has 0 spiro atoms.